The molecule has 0 aromatic rings. The van der Waals surface area contributed by atoms with Gasteiger partial charge < -0.3 is 0 Å². The number of rotatable bonds is 12. The predicted molar refractivity (Wildman–Crippen MR) is 116 cm³/mol. The second-order valence-corrected chi connectivity index (χ2v) is 11.4. The molecule has 0 saturated heterocycles. The fourth-order valence-corrected chi connectivity index (χ4v) is 8.77. The van der Waals surface area contributed by atoms with Crippen molar-refractivity contribution in [3.05, 3.63) is 9.81 Å². The van der Waals surface area contributed by atoms with Crippen LogP contribution < -0.4 is 0 Å². The molecule has 0 unspecified atom stereocenters. The molecule has 0 bridgehead atoms. The third kappa shape index (κ3) is 8.73. The Labute approximate surface area is 156 Å². The molecule has 0 radical (unpaired) electrons. The molecule has 0 saturated carbocycles. The first-order chi connectivity index (χ1) is 9.81. The maximum Gasteiger partial charge on any atom is 0.0599 e. The number of thiol groups is 2. The summed E-state index contributed by atoms with van der Waals surface area (Å²) in [6, 6.07) is 0. The molecule has 1 rings (SSSR count). The first kappa shape index (κ1) is 20.2. The quantitative estimate of drug-likeness (QED) is 0.326. The summed E-state index contributed by atoms with van der Waals surface area (Å²) in [5, 5.41) is 0. The average Bonchev–Trinajstić information content (AvgIpc) is 2.88. The highest BCUT2D eigenvalue weighted by atomic mass is 32.2. The van der Waals surface area contributed by atoms with Gasteiger partial charge in [-0.2, -0.15) is 60.5 Å². The maximum atomic E-state index is 4.41. The topological polar surface area (TPSA) is 0 Å². The molecule has 0 aromatic heterocycles. The first-order valence-electron chi connectivity index (χ1n) is 6.82. The van der Waals surface area contributed by atoms with Gasteiger partial charge in [-0.3, -0.25) is 0 Å². The number of hydrogen-bond donors (Lipinski definition) is 2. The van der Waals surface area contributed by atoms with E-state index in [9.17, 15) is 0 Å². The van der Waals surface area contributed by atoms with Crippen LogP contribution in [0.1, 0.15) is 13.3 Å². The SMILES string of the molecule is CCSCCSCCSCCC1SC(CS)=C(CS)S1. The van der Waals surface area contributed by atoms with Crippen molar-refractivity contribution < 1.29 is 0 Å². The zero-order valence-corrected chi connectivity index (χ0v) is 17.7. The van der Waals surface area contributed by atoms with E-state index < -0.39 is 0 Å². The molecule has 20 heavy (non-hydrogen) atoms. The van der Waals surface area contributed by atoms with Crippen LogP contribution in [0.2, 0.25) is 0 Å². The van der Waals surface area contributed by atoms with Crippen LogP contribution in [0.5, 0.6) is 0 Å². The summed E-state index contributed by atoms with van der Waals surface area (Å²) in [5.41, 5.74) is 0. The lowest BCUT2D eigenvalue weighted by Crippen LogP contribution is -1.97. The lowest BCUT2D eigenvalue weighted by atomic mass is 10.6. The van der Waals surface area contributed by atoms with Crippen LogP contribution in [0.25, 0.3) is 0 Å². The molecular formula is C13H24S7. The predicted octanol–water partition coefficient (Wildman–Crippen LogP) is 5.47. The first-order valence-corrected chi connectivity index (χ1v) is 13.3. The van der Waals surface area contributed by atoms with Gasteiger partial charge >= 0.3 is 0 Å². The van der Waals surface area contributed by atoms with Crippen LogP contribution in [0.3, 0.4) is 0 Å². The summed E-state index contributed by atoms with van der Waals surface area (Å²) < 4.78 is 0.709. The smallest absolute Gasteiger partial charge is 0.0599 e. The van der Waals surface area contributed by atoms with E-state index in [2.05, 4.69) is 55.7 Å². The van der Waals surface area contributed by atoms with Crippen LogP contribution in [-0.2, 0) is 0 Å². The van der Waals surface area contributed by atoms with Gasteiger partial charge in [0.25, 0.3) is 0 Å². The minimum Gasteiger partial charge on any atom is -0.174 e. The Balaban J connectivity index is 1.93. The van der Waals surface area contributed by atoms with Gasteiger partial charge in [0.2, 0.25) is 0 Å². The lowest BCUT2D eigenvalue weighted by Gasteiger charge is -2.08. The molecule has 0 N–H and O–H groups in total. The highest BCUT2D eigenvalue weighted by Gasteiger charge is 2.23. The standard InChI is InChI=1S/C13H24S7/c1-2-16-5-6-18-8-7-17-4-3-13-19-11(9-14)12(10-15)20-13/h13-15H,2-10H2,1H3. The van der Waals surface area contributed by atoms with Crippen molar-refractivity contribution in [1.82, 2.24) is 0 Å². The Kier molecular flexibility index (Phi) is 13.8. The Morgan fingerprint density at radius 3 is 1.85 bits per heavy atom. The normalized spacial score (nSPS) is 16.4. The van der Waals surface area contributed by atoms with E-state index >= 15 is 0 Å². The van der Waals surface area contributed by atoms with Gasteiger partial charge in [-0.05, 0) is 17.9 Å². The van der Waals surface area contributed by atoms with Crippen LogP contribution in [-0.4, -0.2) is 50.6 Å². The van der Waals surface area contributed by atoms with E-state index in [0.29, 0.717) is 4.58 Å². The van der Waals surface area contributed by atoms with Gasteiger partial charge in [0.15, 0.2) is 0 Å². The van der Waals surface area contributed by atoms with Crippen molar-refractivity contribution in [3.63, 3.8) is 0 Å². The van der Waals surface area contributed by atoms with Crippen LogP contribution >= 0.6 is 84.1 Å². The summed E-state index contributed by atoms with van der Waals surface area (Å²) >= 11 is 19.1. The summed E-state index contributed by atoms with van der Waals surface area (Å²) in [7, 11) is 0. The molecule has 1 aliphatic heterocycles. The van der Waals surface area contributed by atoms with E-state index in [-0.39, 0.29) is 0 Å². The van der Waals surface area contributed by atoms with Gasteiger partial charge in [0, 0.05) is 44.3 Å². The Morgan fingerprint density at radius 2 is 1.35 bits per heavy atom. The van der Waals surface area contributed by atoms with E-state index in [0.717, 1.165) is 11.5 Å². The van der Waals surface area contributed by atoms with Gasteiger partial charge in [0.1, 0.15) is 0 Å². The fraction of sp³-hybridized carbons (Fsp3) is 0.846. The molecule has 0 nitrogen and oxygen atoms in total. The average molecular weight is 405 g/mol. The molecule has 1 aliphatic rings. The Hall–Kier alpha value is 2.19. The Morgan fingerprint density at radius 1 is 0.850 bits per heavy atom. The number of hydrogen-bond acceptors (Lipinski definition) is 7. The van der Waals surface area contributed by atoms with Crippen LogP contribution in [0, 0.1) is 0 Å². The van der Waals surface area contributed by atoms with Gasteiger partial charge in [-0.25, -0.2) is 0 Å². The van der Waals surface area contributed by atoms with E-state index in [1.165, 1.54) is 50.7 Å². The molecule has 7 heteroatoms. The largest absolute Gasteiger partial charge is 0.174 e. The molecule has 0 aromatic carbocycles. The third-order valence-corrected chi connectivity index (χ3v) is 10.1. The summed E-state index contributed by atoms with van der Waals surface area (Å²) in [6.07, 6.45) is 1.30. The second kappa shape index (κ2) is 13.6. The van der Waals surface area contributed by atoms with Gasteiger partial charge in [-0.15, -0.1) is 23.5 Å². The number of thioether (sulfide) groups is 5. The zero-order chi connectivity index (χ0) is 14.6. The van der Waals surface area contributed by atoms with Crippen molar-refractivity contribution in [1.29, 1.82) is 0 Å². The third-order valence-electron chi connectivity index (χ3n) is 2.59. The Bertz CT molecular complexity index is 264. The highest BCUT2D eigenvalue weighted by molar-refractivity contribution is 8.24. The van der Waals surface area contributed by atoms with Crippen molar-refractivity contribution in [2.45, 2.75) is 17.9 Å². The highest BCUT2D eigenvalue weighted by Crippen LogP contribution is 2.48. The molecule has 118 valence electrons. The van der Waals surface area contributed by atoms with E-state index in [4.69, 9.17) is 0 Å². The maximum absolute atomic E-state index is 4.41. The van der Waals surface area contributed by atoms with Crippen LogP contribution in [0.15, 0.2) is 9.81 Å². The molecule has 0 spiro atoms. The minimum absolute atomic E-state index is 0.709. The summed E-state index contributed by atoms with van der Waals surface area (Å²) in [5.74, 6) is 9.53. The minimum atomic E-state index is 0.709. The second-order valence-electron chi connectivity index (χ2n) is 4.04. The van der Waals surface area contributed by atoms with Crippen molar-refractivity contribution in [2.75, 3.05) is 46.0 Å². The van der Waals surface area contributed by atoms with Crippen molar-refractivity contribution in [3.8, 4) is 0 Å². The molecule has 0 aliphatic carbocycles. The van der Waals surface area contributed by atoms with E-state index in [1.54, 1.807) is 0 Å². The van der Waals surface area contributed by atoms with Gasteiger partial charge in [0.05, 0.1) is 4.58 Å². The molecular weight excluding hydrogens is 381 g/mol. The lowest BCUT2D eigenvalue weighted by molar-refractivity contribution is 1.08. The summed E-state index contributed by atoms with van der Waals surface area (Å²) in [6.45, 7) is 2.23. The zero-order valence-electron chi connectivity index (χ0n) is 11.9. The van der Waals surface area contributed by atoms with Crippen LogP contribution in [0.4, 0.5) is 0 Å². The molecule has 0 atom stereocenters. The van der Waals surface area contributed by atoms with Crippen molar-refractivity contribution >= 4 is 84.1 Å². The molecule has 0 amide bonds. The monoisotopic (exact) mass is 404 g/mol. The van der Waals surface area contributed by atoms with Crippen molar-refractivity contribution in [2.24, 2.45) is 0 Å². The molecule has 1 heterocycles. The van der Waals surface area contributed by atoms with Gasteiger partial charge in [-0.1, -0.05) is 6.92 Å². The fourth-order valence-electron chi connectivity index (χ4n) is 1.61. The summed E-state index contributed by atoms with van der Waals surface area (Å²) in [4.78, 5) is 2.90. The van der Waals surface area contributed by atoms with E-state index in [1.807, 2.05) is 35.3 Å². The molecule has 0 fully saturated rings.